The Labute approximate surface area is 118 Å². The number of carboxylic acids is 1. The molecule has 1 heterocycles. The number of amides is 1. The monoisotopic (exact) mass is 293 g/mol. The lowest BCUT2D eigenvalue weighted by Crippen LogP contribution is -2.37. The van der Waals surface area contributed by atoms with Crippen molar-refractivity contribution in [2.24, 2.45) is 0 Å². The van der Waals surface area contributed by atoms with Crippen LogP contribution in [0.1, 0.15) is 22.5 Å². The highest BCUT2D eigenvalue weighted by molar-refractivity contribution is 7.20. The van der Waals surface area contributed by atoms with Crippen LogP contribution in [0, 0.1) is 5.82 Å². The lowest BCUT2D eigenvalue weighted by Gasteiger charge is -2.19. The molecule has 3 rings (SSSR count). The Bertz CT molecular complexity index is 693. The first-order valence-corrected chi connectivity index (χ1v) is 7.09. The third-order valence-corrected chi connectivity index (χ3v) is 4.36. The molecule has 1 amide bonds. The lowest BCUT2D eigenvalue weighted by molar-refractivity contribution is -0.137. The van der Waals surface area contributed by atoms with Crippen molar-refractivity contribution in [1.29, 1.82) is 0 Å². The molecule has 0 radical (unpaired) electrons. The van der Waals surface area contributed by atoms with E-state index in [9.17, 15) is 14.0 Å². The number of benzene rings is 1. The molecule has 1 aliphatic rings. The van der Waals surface area contributed by atoms with Crippen molar-refractivity contribution in [2.45, 2.75) is 18.9 Å². The molecule has 104 valence electrons. The van der Waals surface area contributed by atoms with Gasteiger partial charge in [-0.1, -0.05) is 6.07 Å². The summed E-state index contributed by atoms with van der Waals surface area (Å²) in [6.45, 7) is -0.305. The van der Waals surface area contributed by atoms with Crippen LogP contribution < -0.4 is 0 Å². The number of carbonyl (C=O) groups is 2. The fourth-order valence-electron chi connectivity index (χ4n) is 2.17. The molecule has 6 heteroatoms. The van der Waals surface area contributed by atoms with E-state index in [0.717, 1.165) is 12.8 Å². The van der Waals surface area contributed by atoms with E-state index in [4.69, 9.17) is 5.11 Å². The van der Waals surface area contributed by atoms with E-state index in [1.807, 2.05) is 0 Å². The predicted molar refractivity (Wildman–Crippen MR) is 73.5 cm³/mol. The number of thiophene rings is 1. The zero-order valence-corrected chi connectivity index (χ0v) is 11.3. The molecule has 1 aliphatic carbocycles. The van der Waals surface area contributed by atoms with Gasteiger partial charge in [0.05, 0.1) is 4.88 Å². The van der Waals surface area contributed by atoms with Gasteiger partial charge in [0.1, 0.15) is 12.4 Å². The molecule has 1 aromatic carbocycles. The van der Waals surface area contributed by atoms with Gasteiger partial charge in [0.15, 0.2) is 0 Å². The molecule has 1 fully saturated rings. The van der Waals surface area contributed by atoms with Crippen molar-refractivity contribution >= 4 is 33.3 Å². The van der Waals surface area contributed by atoms with E-state index in [2.05, 4.69) is 0 Å². The van der Waals surface area contributed by atoms with Crippen LogP contribution in [-0.4, -0.2) is 34.5 Å². The molecule has 0 unspecified atom stereocenters. The summed E-state index contributed by atoms with van der Waals surface area (Å²) < 4.78 is 14.3. The fraction of sp³-hybridized carbons (Fsp3) is 0.286. The fourth-order valence-corrected chi connectivity index (χ4v) is 3.20. The van der Waals surface area contributed by atoms with Crippen LogP contribution in [0.2, 0.25) is 0 Å². The maximum absolute atomic E-state index is 13.6. The molecule has 0 spiro atoms. The second kappa shape index (κ2) is 4.86. The molecule has 2 aromatic rings. The Morgan fingerprint density at radius 2 is 2.15 bits per heavy atom. The number of fused-ring (bicyclic) bond motifs is 1. The number of hydrogen-bond acceptors (Lipinski definition) is 3. The number of aliphatic carboxylic acids is 1. The van der Waals surface area contributed by atoms with Crippen molar-refractivity contribution in [1.82, 2.24) is 4.90 Å². The minimum atomic E-state index is -1.03. The molecule has 0 saturated heterocycles. The third kappa shape index (κ3) is 2.38. The van der Waals surface area contributed by atoms with Gasteiger partial charge in [0, 0.05) is 16.1 Å². The van der Waals surface area contributed by atoms with Gasteiger partial charge in [-0.2, -0.15) is 0 Å². The summed E-state index contributed by atoms with van der Waals surface area (Å²) >= 11 is 1.20. The smallest absolute Gasteiger partial charge is 0.323 e. The molecule has 0 atom stereocenters. The number of rotatable bonds is 4. The van der Waals surface area contributed by atoms with E-state index < -0.39 is 5.97 Å². The quantitative estimate of drug-likeness (QED) is 0.943. The molecule has 20 heavy (non-hydrogen) atoms. The molecular formula is C14H12FNO3S. The Morgan fingerprint density at radius 3 is 2.75 bits per heavy atom. The first-order chi connectivity index (χ1) is 9.56. The van der Waals surface area contributed by atoms with Crippen molar-refractivity contribution in [3.63, 3.8) is 0 Å². The van der Waals surface area contributed by atoms with Gasteiger partial charge in [-0.25, -0.2) is 4.39 Å². The number of carbonyl (C=O) groups excluding carboxylic acids is 1. The molecule has 1 N–H and O–H groups in total. The van der Waals surface area contributed by atoms with Crippen molar-refractivity contribution in [3.05, 3.63) is 35.0 Å². The molecule has 4 nitrogen and oxygen atoms in total. The van der Waals surface area contributed by atoms with E-state index in [1.54, 1.807) is 12.1 Å². The number of carboxylic acid groups (broad SMARTS) is 1. The Kier molecular flexibility index (Phi) is 3.17. The Morgan fingerprint density at radius 1 is 1.40 bits per heavy atom. The lowest BCUT2D eigenvalue weighted by atomic mass is 10.2. The minimum Gasteiger partial charge on any atom is -0.480 e. The van der Waals surface area contributed by atoms with Gasteiger partial charge in [-0.15, -0.1) is 11.3 Å². The molecular weight excluding hydrogens is 281 g/mol. The largest absolute Gasteiger partial charge is 0.480 e. The topological polar surface area (TPSA) is 57.6 Å². The highest BCUT2D eigenvalue weighted by atomic mass is 32.1. The normalized spacial score (nSPS) is 14.4. The second-order valence-electron chi connectivity index (χ2n) is 4.82. The van der Waals surface area contributed by atoms with Gasteiger partial charge in [-0.05, 0) is 31.0 Å². The first kappa shape index (κ1) is 13.1. The number of hydrogen-bond donors (Lipinski definition) is 1. The average Bonchev–Trinajstić information content (AvgIpc) is 3.14. The zero-order valence-electron chi connectivity index (χ0n) is 10.5. The maximum atomic E-state index is 13.6. The average molecular weight is 293 g/mol. The highest BCUT2D eigenvalue weighted by Gasteiger charge is 2.35. The van der Waals surface area contributed by atoms with E-state index in [0.29, 0.717) is 15.0 Å². The number of halogens is 1. The molecule has 1 saturated carbocycles. The number of nitrogens with zero attached hydrogens (tertiary/aromatic N) is 1. The summed E-state index contributed by atoms with van der Waals surface area (Å²) in [5.41, 5.74) is 0. The summed E-state index contributed by atoms with van der Waals surface area (Å²) in [4.78, 5) is 25.0. The Hall–Kier alpha value is -1.95. The van der Waals surface area contributed by atoms with E-state index in [-0.39, 0.29) is 24.3 Å². The van der Waals surface area contributed by atoms with Crippen LogP contribution in [0.3, 0.4) is 0 Å². The van der Waals surface area contributed by atoms with Gasteiger partial charge >= 0.3 is 5.97 Å². The van der Waals surface area contributed by atoms with Crippen LogP contribution in [0.4, 0.5) is 4.39 Å². The summed E-state index contributed by atoms with van der Waals surface area (Å²) in [7, 11) is 0. The van der Waals surface area contributed by atoms with Crippen LogP contribution >= 0.6 is 11.3 Å². The minimum absolute atomic E-state index is 0.00802. The summed E-state index contributed by atoms with van der Waals surface area (Å²) in [6.07, 6.45) is 1.66. The maximum Gasteiger partial charge on any atom is 0.323 e. The zero-order chi connectivity index (χ0) is 14.3. The summed E-state index contributed by atoms with van der Waals surface area (Å²) in [5.74, 6) is -1.72. The first-order valence-electron chi connectivity index (χ1n) is 6.27. The van der Waals surface area contributed by atoms with Crippen molar-refractivity contribution in [3.8, 4) is 0 Å². The summed E-state index contributed by atoms with van der Waals surface area (Å²) in [6, 6.07) is 6.21. The van der Waals surface area contributed by atoms with Gasteiger partial charge in [0.25, 0.3) is 5.91 Å². The predicted octanol–water partition coefficient (Wildman–Crippen LogP) is 2.73. The standard InChI is InChI=1S/C14H12FNO3S/c15-10-2-1-3-11-9(10)6-12(20-11)14(19)16(7-13(17)18)8-4-5-8/h1-3,6,8H,4-5,7H2,(H,17,18). The highest BCUT2D eigenvalue weighted by Crippen LogP contribution is 2.32. The van der Waals surface area contributed by atoms with Crippen molar-refractivity contribution < 1.29 is 19.1 Å². The van der Waals surface area contributed by atoms with Crippen molar-refractivity contribution in [2.75, 3.05) is 6.54 Å². The van der Waals surface area contributed by atoms with Crippen LogP contribution in [0.15, 0.2) is 24.3 Å². The van der Waals surface area contributed by atoms with E-state index >= 15 is 0 Å². The summed E-state index contributed by atoms with van der Waals surface area (Å²) in [5, 5.41) is 9.30. The third-order valence-electron chi connectivity index (χ3n) is 3.27. The van der Waals surface area contributed by atoms with Gasteiger partial charge in [-0.3, -0.25) is 9.59 Å². The molecule has 1 aromatic heterocycles. The second-order valence-corrected chi connectivity index (χ2v) is 5.90. The van der Waals surface area contributed by atoms with Gasteiger partial charge in [0.2, 0.25) is 0 Å². The van der Waals surface area contributed by atoms with Crippen LogP contribution in [0.5, 0.6) is 0 Å². The van der Waals surface area contributed by atoms with Gasteiger partial charge < -0.3 is 10.0 Å². The SMILES string of the molecule is O=C(O)CN(C(=O)c1cc2c(F)cccc2s1)C1CC1. The van der Waals surface area contributed by atoms with Crippen LogP contribution in [-0.2, 0) is 4.79 Å². The molecule has 0 aliphatic heterocycles. The Balaban J connectivity index is 1.94. The van der Waals surface area contributed by atoms with Crippen LogP contribution in [0.25, 0.3) is 10.1 Å². The molecule has 0 bridgehead atoms. The van der Waals surface area contributed by atoms with E-state index in [1.165, 1.54) is 28.4 Å².